The molecule has 0 aromatic heterocycles. The summed E-state index contributed by atoms with van der Waals surface area (Å²) < 4.78 is 5.63. The van der Waals surface area contributed by atoms with Crippen LogP contribution in [0, 0.1) is 0 Å². The average Bonchev–Trinajstić information content (AvgIpc) is 2.81. The van der Waals surface area contributed by atoms with E-state index in [1.807, 2.05) is 18.2 Å². The van der Waals surface area contributed by atoms with Gasteiger partial charge >= 0.3 is 0 Å². The van der Waals surface area contributed by atoms with E-state index in [0.29, 0.717) is 33.6 Å². The number of carbonyl (C=O) groups excluding carboxylic acids is 2. The minimum absolute atomic E-state index is 0.183. The third kappa shape index (κ3) is 7.73. The Kier molecular flexibility index (Phi) is 9.27. The Hall–Kier alpha value is -3.13. The lowest BCUT2D eigenvalue weighted by atomic mass is 10.1. The summed E-state index contributed by atoms with van der Waals surface area (Å²) in [5, 5.41) is 9.63. The molecule has 176 valence electrons. The smallest absolute Gasteiger partial charge is 0.265 e. The van der Waals surface area contributed by atoms with Gasteiger partial charge in [0.25, 0.3) is 5.91 Å². The molecule has 9 heteroatoms. The maximum absolute atomic E-state index is 12.4. The van der Waals surface area contributed by atoms with E-state index in [2.05, 4.69) is 16.0 Å². The van der Waals surface area contributed by atoms with Crippen LogP contribution < -0.4 is 20.7 Å². The number of benzene rings is 3. The Morgan fingerprint density at radius 3 is 2.12 bits per heavy atom. The Balaban J connectivity index is 1.45. The molecule has 0 aliphatic heterocycles. The van der Waals surface area contributed by atoms with Crippen molar-refractivity contribution in [1.29, 1.82) is 0 Å². The van der Waals surface area contributed by atoms with Crippen LogP contribution in [0.25, 0.3) is 0 Å². The van der Waals surface area contributed by atoms with Crippen molar-refractivity contribution in [2.75, 3.05) is 10.6 Å². The van der Waals surface area contributed by atoms with Crippen LogP contribution in [0.3, 0.4) is 0 Å². The summed E-state index contributed by atoms with van der Waals surface area (Å²) in [7, 11) is 0. The maximum Gasteiger partial charge on any atom is 0.265 e. The largest absolute Gasteiger partial charge is 0.479 e. The van der Waals surface area contributed by atoms with Gasteiger partial charge in [-0.1, -0.05) is 53.5 Å². The first-order chi connectivity index (χ1) is 16.3. The average molecular weight is 516 g/mol. The zero-order chi connectivity index (χ0) is 24.5. The van der Waals surface area contributed by atoms with Crippen molar-refractivity contribution < 1.29 is 14.3 Å². The highest BCUT2D eigenvalue weighted by Crippen LogP contribution is 2.24. The van der Waals surface area contributed by atoms with Crippen molar-refractivity contribution in [1.82, 2.24) is 5.32 Å². The van der Waals surface area contributed by atoms with Crippen LogP contribution in [0.1, 0.15) is 18.9 Å². The molecule has 3 rings (SSSR count). The lowest BCUT2D eigenvalue weighted by molar-refractivity contribution is -0.122. The first-order valence-electron chi connectivity index (χ1n) is 10.5. The Morgan fingerprint density at radius 1 is 0.882 bits per heavy atom. The molecule has 0 spiro atoms. The number of carbonyl (C=O) groups is 2. The van der Waals surface area contributed by atoms with Gasteiger partial charge in [0.15, 0.2) is 11.2 Å². The van der Waals surface area contributed by atoms with Crippen molar-refractivity contribution in [3.8, 4) is 5.75 Å². The fraction of sp³-hybridized carbons (Fsp3) is 0.160. The molecule has 3 aromatic carbocycles. The molecule has 1 atom stereocenters. The molecule has 0 saturated heterocycles. The van der Waals surface area contributed by atoms with Crippen molar-refractivity contribution in [3.63, 3.8) is 0 Å². The highest BCUT2D eigenvalue weighted by Gasteiger charge is 2.16. The van der Waals surface area contributed by atoms with Gasteiger partial charge in [-0.15, -0.1) is 0 Å². The molecule has 0 saturated carbocycles. The molecule has 34 heavy (non-hydrogen) atoms. The summed E-state index contributed by atoms with van der Waals surface area (Å²) in [4.78, 5) is 24.6. The minimum atomic E-state index is -0.744. The van der Waals surface area contributed by atoms with E-state index in [4.69, 9.17) is 40.2 Å². The van der Waals surface area contributed by atoms with Crippen molar-refractivity contribution >= 4 is 63.7 Å². The van der Waals surface area contributed by atoms with E-state index in [9.17, 15) is 9.59 Å². The molecule has 2 amide bonds. The number of aryl methyl sites for hydroxylation is 1. The number of para-hydroxylation sites is 1. The SMILES string of the molecule is CC(Oc1ccccc1Cl)C(=O)Nc1ccc(NC(=S)NC(=O)CCc2ccccc2Cl)cc1. The van der Waals surface area contributed by atoms with E-state index in [1.165, 1.54) is 0 Å². The number of hydrogen-bond acceptors (Lipinski definition) is 4. The standard InChI is InChI=1S/C25H23Cl2N3O3S/c1-16(33-22-9-5-4-8-21(22)27)24(32)28-18-11-13-19(14-12-18)29-25(34)30-23(31)15-10-17-6-2-3-7-20(17)26/h2-9,11-14,16H,10,15H2,1H3,(H,28,32)(H2,29,30,31,34). The number of rotatable bonds is 8. The normalized spacial score (nSPS) is 11.3. The summed E-state index contributed by atoms with van der Waals surface area (Å²) in [6.45, 7) is 1.64. The van der Waals surface area contributed by atoms with Gasteiger partial charge in [-0.2, -0.15) is 0 Å². The molecule has 0 heterocycles. The van der Waals surface area contributed by atoms with Gasteiger partial charge in [-0.3, -0.25) is 9.59 Å². The van der Waals surface area contributed by atoms with Gasteiger partial charge in [0.1, 0.15) is 5.75 Å². The molecular formula is C25H23Cl2N3O3S. The van der Waals surface area contributed by atoms with Crippen LogP contribution in [-0.4, -0.2) is 23.0 Å². The summed E-state index contributed by atoms with van der Waals surface area (Å²) in [5.41, 5.74) is 2.15. The Bertz CT molecular complexity index is 1170. The van der Waals surface area contributed by atoms with E-state index in [1.54, 1.807) is 61.5 Å². The third-order valence-electron chi connectivity index (χ3n) is 4.75. The van der Waals surface area contributed by atoms with Gasteiger partial charge in [0.05, 0.1) is 5.02 Å². The number of thiocarbonyl (C=S) groups is 1. The molecule has 1 unspecified atom stereocenters. The number of ether oxygens (including phenoxy) is 1. The molecule has 0 fully saturated rings. The second kappa shape index (κ2) is 12.4. The summed E-state index contributed by atoms with van der Waals surface area (Å²) in [6, 6.07) is 21.3. The van der Waals surface area contributed by atoms with E-state index < -0.39 is 6.10 Å². The summed E-state index contributed by atoms with van der Waals surface area (Å²) in [6.07, 6.45) is 0.0257. The predicted molar refractivity (Wildman–Crippen MR) is 141 cm³/mol. The summed E-state index contributed by atoms with van der Waals surface area (Å²) >= 11 is 17.4. The quantitative estimate of drug-likeness (QED) is 0.328. The van der Waals surface area contributed by atoms with Crippen LogP contribution in [-0.2, 0) is 16.0 Å². The lowest BCUT2D eigenvalue weighted by Crippen LogP contribution is -2.34. The molecule has 0 aliphatic rings. The number of amides is 2. The minimum Gasteiger partial charge on any atom is -0.479 e. The second-order valence-electron chi connectivity index (χ2n) is 7.35. The van der Waals surface area contributed by atoms with Gasteiger partial charge in [0.2, 0.25) is 5.91 Å². The maximum atomic E-state index is 12.4. The van der Waals surface area contributed by atoms with Crippen LogP contribution in [0.5, 0.6) is 5.75 Å². The topological polar surface area (TPSA) is 79.5 Å². The summed E-state index contributed by atoms with van der Waals surface area (Å²) in [5.74, 6) is -0.0930. The number of hydrogen-bond donors (Lipinski definition) is 3. The van der Waals surface area contributed by atoms with Crippen molar-refractivity contribution in [2.45, 2.75) is 25.9 Å². The fourth-order valence-corrected chi connectivity index (χ4v) is 3.61. The number of halogens is 2. The molecule has 0 radical (unpaired) electrons. The molecule has 3 N–H and O–H groups in total. The Morgan fingerprint density at radius 2 is 1.47 bits per heavy atom. The van der Waals surface area contributed by atoms with Gasteiger partial charge in [-0.25, -0.2) is 0 Å². The molecule has 3 aromatic rings. The first kappa shape index (κ1) is 25.5. The molecule has 0 aliphatic carbocycles. The first-order valence-corrected chi connectivity index (χ1v) is 11.6. The highest BCUT2D eigenvalue weighted by atomic mass is 35.5. The predicted octanol–water partition coefficient (Wildman–Crippen LogP) is 5.85. The van der Waals surface area contributed by atoms with E-state index in [-0.39, 0.29) is 23.3 Å². The zero-order valence-corrected chi connectivity index (χ0v) is 20.6. The fourth-order valence-electron chi connectivity index (χ4n) is 2.97. The van der Waals surface area contributed by atoms with Crippen molar-refractivity contribution in [3.05, 3.63) is 88.4 Å². The van der Waals surface area contributed by atoms with Gasteiger partial charge < -0.3 is 20.7 Å². The second-order valence-corrected chi connectivity index (χ2v) is 8.57. The third-order valence-corrected chi connectivity index (χ3v) is 5.64. The van der Waals surface area contributed by atoms with Gasteiger partial charge in [0, 0.05) is 22.8 Å². The molecule has 6 nitrogen and oxygen atoms in total. The van der Waals surface area contributed by atoms with Gasteiger partial charge in [-0.05, 0) is 73.6 Å². The van der Waals surface area contributed by atoms with Crippen LogP contribution in [0.2, 0.25) is 10.0 Å². The molecule has 0 bridgehead atoms. The van der Waals surface area contributed by atoms with Crippen LogP contribution >= 0.6 is 35.4 Å². The number of nitrogens with one attached hydrogen (secondary N) is 3. The van der Waals surface area contributed by atoms with Crippen molar-refractivity contribution in [2.24, 2.45) is 0 Å². The zero-order valence-electron chi connectivity index (χ0n) is 18.3. The van der Waals surface area contributed by atoms with Crippen LogP contribution in [0.15, 0.2) is 72.8 Å². The Labute approximate surface area is 213 Å². The molecular weight excluding hydrogens is 493 g/mol. The van der Waals surface area contributed by atoms with Crippen LogP contribution in [0.4, 0.5) is 11.4 Å². The van der Waals surface area contributed by atoms with E-state index >= 15 is 0 Å². The lowest BCUT2D eigenvalue weighted by Gasteiger charge is -2.16. The monoisotopic (exact) mass is 515 g/mol. The highest BCUT2D eigenvalue weighted by molar-refractivity contribution is 7.80. The van der Waals surface area contributed by atoms with E-state index in [0.717, 1.165) is 5.56 Å². The number of anilines is 2.